The van der Waals surface area contributed by atoms with Crippen LogP contribution in [0.25, 0.3) is 0 Å². The SMILES string of the molecule is CNC(C1CCN(C)C1)C(C)(C)C#N. The summed E-state index contributed by atoms with van der Waals surface area (Å²) in [6.07, 6.45) is 1.20. The molecule has 0 bridgehead atoms. The van der Waals surface area contributed by atoms with E-state index in [2.05, 4.69) is 23.3 Å². The third-order valence-electron chi connectivity index (χ3n) is 3.28. The van der Waals surface area contributed by atoms with E-state index in [0.717, 1.165) is 13.1 Å². The molecule has 0 aliphatic carbocycles. The van der Waals surface area contributed by atoms with Crippen LogP contribution in [0.3, 0.4) is 0 Å². The number of hydrogen-bond acceptors (Lipinski definition) is 3. The van der Waals surface area contributed by atoms with Gasteiger partial charge in [-0.25, -0.2) is 0 Å². The summed E-state index contributed by atoms with van der Waals surface area (Å²) < 4.78 is 0. The van der Waals surface area contributed by atoms with Crippen molar-refractivity contribution in [2.75, 3.05) is 27.2 Å². The molecule has 3 nitrogen and oxygen atoms in total. The maximum Gasteiger partial charge on any atom is 0.0700 e. The zero-order valence-electron chi connectivity index (χ0n) is 9.67. The minimum atomic E-state index is -0.273. The van der Waals surface area contributed by atoms with Crippen LogP contribution in [-0.2, 0) is 0 Å². The van der Waals surface area contributed by atoms with Crippen molar-refractivity contribution in [2.24, 2.45) is 11.3 Å². The molecule has 1 rings (SSSR count). The molecule has 0 saturated carbocycles. The summed E-state index contributed by atoms with van der Waals surface area (Å²) in [5.41, 5.74) is -0.273. The number of nitriles is 1. The summed E-state index contributed by atoms with van der Waals surface area (Å²) in [5, 5.41) is 12.4. The lowest BCUT2D eigenvalue weighted by atomic mass is 9.78. The minimum Gasteiger partial charge on any atom is -0.315 e. The van der Waals surface area contributed by atoms with Crippen LogP contribution in [0.5, 0.6) is 0 Å². The van der Waals surface area contributed by atoms with Crippen molar-refractivity contribution in [1.82, 2.24) is 10.2 Å². The fraction of sp³-hybridized carbons (Fsp3) is 0.909. The minimum absolute atomic E-state index is 0.273. The van der Waals surface area contributed by atoms with E-state index in [0.29, 0.717) is 12.0 Å². The number of likely N-dealkylation sites (tertiary alicyclic amines) is 1. The average molecular weight is 195 g/mol. The van der Waals surface area contributed by atoms with Gasteiger partial charge in [-0.3, -0.25) is 0 Å². The number of nitrogens with zero attached hydrogens (tertiary/aromatic N) is 2. The predicted octanol–water partition coefficient (Wildman–Crippen LogP) is 1.08. The molecule has 2 unspecified atom stereocenters. The Morgan fingerprint density at radius 2 is 2.21 bits per heavy atom. The van der Waals surface area contributed by atoms with Crippen molar-refractivity contribution in [3.63, 3.8) is 0 Å². The zero-order chi connectivity index (χ0) is 10.8. The van der Waals surface area contributed by atoms with Gasteiger partial charge in [0.2, 0.25) is 0 Å². The quantitative estimate of drug-likeness (QED) is 0.732. The van der Waals surface area contributed by atoms with Gasteiger partial charge in [0, 0.05) is 12.6 Å². The van der Waals surface area contributed by atoms with Crippen LogP contribution in [0.4, 0.5) is 0 Å². The molecule has 0 amide bonds. The van der Waals surface area contributed by atoms with Gasteiger partial charge in [0.05, 0.1) is 11.5 Å². The van der Waals surface area contributed by atoms with Crippen LogP contribution >= 0.6 is 0 Å². The van der Waals surface area contributed by atoms with Crippen molar-refractivity contribution in [2.45, 2.75) is 26.3 Å². The van der Waals surface area contributed by atoms with Crippen LogP contribution in [-0.4, -0.2) is 38.1 Å². The second-order valence-electron chi connectivity index (χ2n) is 4.91. The van der Waals surface area contributed by atoms with Gasteiger partial charge in [0.25, 0.3) is 0 Å². The first-order chi connectivity index (χ1) is 6.51. The van der Waals surface area contributed by atoms with E-state index >= 15 is 0 Å². The molecule has 1 saturated heterocycles. The molecule has 0 aromatic carbocycles. The zero-order valence-corrected chi connectivity index (χ0v) is 9.67. The van der Waals surface area contributed by atoms with E-state index in [1.54, 1.807) is 0 Å². The highest BCUT2D eigenvalue weighted by atomic mass is 15.1. The van der Waals surface area contributed by atoms with E-state index in [9.17, 15) is 0 Å². The van der Waals surface area contributed by atoms with Crippen LogP contribution in [0.15, 0.2) is 0 Å². The van der Waals surface area contributed by atoms with E-state index in [1.165, 1.54) is 6.42 Å². The van der Waals surface area contributed by atoms with Gasteiger partial charge in [-0.15, -0.1) is 0 Å². The summed E-state index contributed by atoms with van der Waals surface area (Å²) in [6, 6.07) is 2.71. The van der Waals surface area contributed by atoms with Gasteiger partial charge in [-0.1, -0.05) is 0 Å². The van der Waals surface area contributed by atoms with Crippen molar-refractivity contribution in [3.05, 3.63) is 0 Å². The summed E-state index contributed by atoms with van der Waals surface area (Å²) in [7, 11) is 4.11. The normalized spacial score (nSPS) is 26.1. The van der Waals surface area contributed by atoms with E-state index in [-0.39, 0.29) is 5.41 Å². The largest absolute Gasteiger partial charge is 0.315 e. The van der Waals surface area contributed by atoms with Crippen molar-refractivity contribution in [1.29, 1.82) is 5.26 Å². The second kappa shape index (κ2) is 4.29. The Bertz CT molecular complexity index is 229. The van der Waals surface area contributed by atoms with Crippen LogP contribution in [0.2, 0.25) is 0 Å². The highest BCUT2D eigenvalue weighted by Gasteiger charge is 2.37. The molecule has 80 valence electrons. The molecule has 1 fully saturated rings. The van der Waals surface area contributed by atoms with Crippen molar-refractivity contribution in [3.8, 4) is 6.07 Å². The fourth-order valence-corrected chi connectivity index (χ4v) is 2.50. The van der Waals surface area contributed by atoms with Crippen LogP contribution in [0.1, 0.15) is 20.3 Å². The summed E-state index contributed by atoms with van der Waals surface area (Å²) in [4.78, 5) is 2.34. The third-order valence-corrected chi connectivity index (χ3v) is 3.28. The molecule has 14 heavy (non-hydrogen) atoms. The first-order valence-electron chi connectivity index (χ1n) is 5.28. The first-order valence-corrected chi connectivity index (χ1v) is 5.28. The lowest BCUT2D eigenvalue weighted by Gasteiger charge is -2.32. The second-order valence-corrected chi connectivity index (χ2v) is 4.91. The highest BCUT2D eigenvalue weighted by molar-refractivity contribution is 5.03. The average Bonchev–Trinajstić information content (AvgIpc) is 2.53. The Morgan fingerprint density at radius 3 is 2.57 bits per heavy atom. The Hall–Kier alpha value is -0.590. The standard InChI is InChI=1S/C11H21N3/c1-11(2,8-12)10(13-3)9-5-6-14(4)7-9/h9-10,13H,5-7H2,1-4H3. The topological polar surface area (TPSA) is 39.1 Å². The molecule has 3 heteroatoms. The Morgan fingerprint density at radius 1 is 1.57 bits per heavy atom. The Kier molecular flexibility index (Phi) is 3.52. The van der Waals surface area contributed by atoms with Crippen molar-refractivity contribution < 1.29 is 0 Å². The van der Waals surface area contributed by atoms with Crippen LogP contribution in [0, 0.1) is 22.7 Å². The number of rotatable bonds is 3. The molecule has 2 atom stereocenters. The number of nitrogens with one attached hydrogen (secondary N) is 1. The van der Waals surface area contributed by atoms with Gasteiger partial charge >= 0.3 is 0 Å². The Balaban J connectivity index is 2.68. The predicted molar refractivity (Wildman–Crippen MR) is 57.8 cm³/mol. The van der Waals surface area contributed by atoms with E-state index in [1.807, 2.05) is 20.9 Å². The maximum atomic E-state index is 9.12. The highest BCUT2D eigenvalue weighted by Crippen LogP contribution is 2.30. The fourth-order valence-electron chi connectivity index (χ4n) is 2.50. The summed E-state index contributed by atoms with van der Waals surface area (Å²) in [6.45, 7) is 6.31. The summed E-state index contributed by atoms with van der Waals surface area (Å²) >= 11 is 0. The maximum absolute atomic E-state index is 9.12. The van der Waals surface area contributed by atoms with Crippen molar-refractivity contribution >= 4 is 0 Å². The molecule has 1 aliphatic heterocycles. The number of hydrogen-bond donors (Lipinski definition) is 1. The lowest BCUT2D eigenvalue weighted by molar-refractivity contribution is 0.239. The molecular formula is C11H21N3. The van der Waals surface area contributed by atoms with Gasteiger partial charge in [-0.05, 0) is 46.8 Å². The third kappa shape index (κ3) is 2.26. The van der Waals surface area contributed by atoms with Gasteiger partial charge in [-0.2, -0.15) is 5.26 Å². The molecular weight excluding hydrogens is 174 g/mol. The van der Waals surface area contributed by atoms with E-state index in [4.69, 9.17) is 5.26 Å². The molecule has 0 radical (unpaired) electrons. The molecule has 0 spiro atoms. The molecule has 1 aliphatic rings. The summed E-state index contributed by atoms with van der Waals surface area (Å²) in [5.74, 6) is 0.611. The lowest BCUT2D eigenvalue weighted by Crippen LogP contribution is -2.45. The van der Waals surface area contributed by atoms with Crippen LogP contribution < -0.4 is 5.32 Å². The molecule has 0 aromatic heterocycles. The smallest absolute Gasteiger partial charge is 0.0700 e. The molecule has 1 heterocycles. The van der Waals surface area contributed by atoms with Gasteiger partial charge < -0.3 is 10.2 Å². The monoisotopic (exact) mass is 195 g/mol. The Labute approximate surface area is 87.1 Å². The van der Waals surface area contributed by atoms with E-state index < -0.39 is 0 Å². The molecule has 1 N–H and O–H groups in total. The first kappa shape index (κ1) is 11.5. The molecule has 0 aromatic rings. The van der Waals surface area contributed by atoms with Gasteiger partial charge in [0.15, 0.2) is 0 Å². The van der Waals surface area contributed by atoms with Gasteiger partial charge in [0.1, 0.15) is 0 Å².